The van der Waals surface area contributed by atoms with E-state index in [0.717, 1.165) is 23.2 Å². The first kappa shape index (κ1) is 15.3. The van der Waals surface area contributed by atoms with Gasteiger partial charge in [-0.15, -0.1) is 0 Å². The average Bonchev–Trinajstić information content (AvgIpc) is 3.07. The monoisotopic (exact) mass is 312 g/mol. The minimum absolute atomic E-state index is 0.0552. The molecule has 1 aromatic carbocycles. The van der Waals surface area contributed by atoms with Crippen LogP contribution in [0.4, 0.5) is 5.69 Å². The highest BCUT2D eigenvalue weighted by molar-refractivity contribution is 5.93. The van der Waals surface area contributed by atoms with E-state index in [1.54, 1.807) is 23.1 Å². The second-order valence-electron chi connectivity index (χ2n) is 5.86. The van der Waals surface area contributed by atoms with Gasteiger partial charge < -0.3 is 10.6 Å². The average molecular weight is 312 g/mol. The lowest BCUT2D eigenvalue weighted by atomic mass is 9.97. The number of anilines is 1. The summed E-state index contributed by atoms with van der Waals surface area (Å²) in [5.41, 5.74) is 3.01. The third-order valence-electron chi connectivity index (χ3n) is 4.18. The van der Waals surface area contributed by atoms with Crippen molar-refractivity contribution in [2.45, 2.75) is 38.8 Å². The van der Waals surface area contributed by atoms with Gasteiger partial charge >= 0.3 is 0 Å². The second-order valence-corrected chi connectivity index (χ2v) is 5.86. The molecule has 0 fully saturated rings. The van der Waals surface area contributed by atoms with Crippen LogP contribution in [0.25, 0.3) is 0 Å². The first-order valence-electron chi connectivity index (χ1n) is 7.77. The van der Waals surface area contributed by atoms with Gasteiger partial charge in [-0.3, -0.25) is 14.3 Å². The zero-order chi connectivity index (χ0) is 16.4. The predicted molar refractivity (Wildman–Crippen MR) is 86.9 cm³/mol. The third-order valence-corrected chi connectivity index (χ3v) is 4.18. The van der Waals surface area contributed by atoms with Crippen molar-refractivity contribution < 1.29 is 9.59 Å². The fraction of sp³-hybridized carbons (Fsp3) is 0.353. The van der Waals surface area contributed by atoms with Gasteiger partial charge in [-0.25, -0.2) is 0 Å². The number of rotatable bonds is 4. The number of amides is 2. The predicted octanol–water partition coefficient (Wildman–Crippen LogP) is 2.21. The van der Waals surface area contributed by atoms with E-state index in [0.29, 0.717) is 6.42 Å². The summed E-state index contributed by atoms with van der Waals surface area (Å²) in [7, 11) is 0. The third kappa shape index (κ3) is 3.26. The molecule has 3 rings (SSSR count). The van der Waals surface area contributed by atoms with Crippen LogP contribution >= 0.6 is 0 Å². The van der Waals surface area contributed by atoms with Crippen molar-refractivity contribution in [3.05, 3.63) is 47.8 Å². The van der Waals surface area contributed by atoms with Crippen molar-refractivity contribution in [3.63, 3.8) is 0 Å². The van der Waals surface area contributed by atoms with Crippen LogP contribution in [0.3, 0.4) is 0 Å². The molecule has 6 heteroatoms. The summed E-state index contributed by atoms with van der Waals surface area (Å²) in [5, 5.41) is 9.98. The van der Waals surface area contributed by atoms with Crippen LogP contribution < -0.4 is 10.6 Å². The molecule has 1 aliphatic rings. The molecule has 6 nitrogen and oxygen atoms in total. The van der Waals surface area contributed by atoms with Gasteiger partial charge in [0.1, 0.15) is 6.04 Å². The van der Waals surface area contributed by atoms with E-state index in [2.05, 4.69) is 21.8 Å². The van der Waals surface area contributed by atoms with Crippen molar-refractivity contribution in [1.82, 2.24) is 15.1 Å². The van der Waals surface area contributed by atoms with E-state index in [4.69, 9.17) is 0 Å². The zero-order valence-corrected chi connectivity index (χ0v) is 13.2. The molecular weight excluding hydrogens is 292 g/mol. The number of hydrogen-bond donors (Lipinski definition) is 2. The van der Waals surface area contributed by atoms with E-state index in [1.807, 2.05) is 26.0 Å². The highest BCUT2D eigenvalue weighted by atomic mass is 16.2. The van der Waals surface area contributed by atoms with Crippen LogP contribution in [-0.4, -0.2) is 21.6 Å². The molecule has 1 aromatic heterocycles. The van der Waals surface area contributed by atoms with Gasteiger partial charge in [0.2, 0.25) is 11.8 Å². The van der Waals surface area contributed by atoms with E-state index in [9.17, 15) is 9.59 Å². The summed E-state index contributed by atoms with van der Waals surface area (Å²) < 4.78 is 1.63. The molecule has 23 heavy (non-hydrogen) atoms. The smallest absolute Gasteiger partial charge is 0.245 e. The number of hydrogen-bond acceptors (Lipinski definition) is 3. The van der Waals surface area contributed by atoms with Crippen LogP contribution in [0.2, 0.25) is 0 Å². The minimum atomic E-state index is -0.357. The molecule has 0 radical (unpaired) electrons. The Hall–Kier alpha value is -2.63. The number of nitrogens with zero attached hydrogens (tertiary/aromatic N) is 2. The summed E-state index contributed by atoms with van der Waals surface area (Å²) in [6.07, 6.45) is 4.67. The molecule has 0 bridgehead atoms. The highest BCUT2D eigenvalue weighted by Crippen LogP contribution is 2.26. The van der Waals surface area contributed by atoms with Crippen molar-refractivity contribution in [2.24, 2.45) is 0 Å². The lowest BCUT2D eigenvalue weighted by molar-refractivity contribution is -0.124. The van der Waals surface area contributed by atoms with E-state index >= 15 is 0 Å². The Labute approximate surface area is 134 Å². The lowest BCUT2D eigenvalue weighted by Crippen LogP contribution is -2.33. The SMILES string of the molecule is C[C@H](NC(=O)[C@@H](C)n1cccn1)c1ccc2c(c1)CCC(=O)N2. The van der Waals surface area contributed by atoms with Crippen molar-refractivity contribution in [3.8, 4) is 0 Å². The molecule has 0 unspecified atom stereocenters. The number of benzene rings is 1. The number of carbonyl (C=O) groups is 2. The fourth-order valence-electron chi connectivity index (χ4n) is 2.72. The molecule has 0 saturated carbocycles. The lowest BCUT2D eigenvalue weighted by Gasteiger charge is -2.21. The Kier molecular flexibility index (Phi) is 4.14. The molecule has 2 amide bonds. The molecule has 0 spiro atoms. The maximum Gasteiger partial charge on any atom is 0.245 e. The number of nitrogens with one attached hydrogen (secondary N) is 2. The number of carbonyl (C=O) groups excluding carboxylic acids is 2. The fourth-order valence-corrected chi connectivity index (χ4v) is 2.72. The molecule has 0 saturated heterocycles. The molecule has 0 aliphatic carbocycles. The van der Waals surface area contributed by atoms with Crippen LogP contribution in [0.5, 0.6) is 0 Å². The van der Waals surface area contributed by atoms with Gasteiger partial charge in [0.05, 0.1) is 6.04 Å². The zero-order valence-electron chi connectivity index (χ0n) is 13.2. The molecule has 2 atom stereocenters. The van der Waals surface area contributed by atoms with E-state index in [1.165, 1.54) is 0 Å². The molecule has 2 N–H and O–H groups in total. The minimum Gasteiger partial charge on any atom is -0.348 e. The Morgan fingerprint density at radius 3 is 2.91 bits per heavy atom. The standard InChI is InChI=1S/C17H20N4O2/c1-11(19-17(23)12(2)21-9-3-8-18-21)13-4-6-15-14(10-13)5-7-16(22)20-15/h3-4,6,8-12H,5,7H2,1-2H3,(H,19,23)(H,20,22)/t11-,12+/m0/s1. The Morgan fingerprint density at radius 1 is 1.35 bits per heavy atom. The summed E-state index contributed by atoms with van der Waals surface area (Å²) >= 11 is 0. The molecule has 1 aliphatic heterocycles. The van der Waals surface area contributed by atoms with Crippen LogP contribution in [0.15, 0.2) is 36.7 Å². The maximum absolute atomic E-state index is 12.3. The van der Waals surface area contributed by atoms with Crippen LogP contribution in [0.1, 0.15) is 43.5 Å². The van der Waals surface area contributed by atoms with Crippen molar-refractivity contribution >= 4 is 17.5 Å². The Bertz CT molecular complexity index is 724. The van der Waals surface area contributed by atoms with Gasteiger partial charge in [-0.05, 0) is 43.5 Å². The first-order valence-corrected chi connectivity index (χ1v) is 7.77. The maximum atomic E-state index is 12.3. The van der Waals surface area contributed by atoms with Gasteiger partial charge in [0.25, 0.3) is 0 Å². The molecule has 120 valence electrons. The number of aromatic nitrogens is 2. The topological polar surface area (TPSA) is 76.0 Å². The normalized spacial score (nSPS) is 16.2. The Balaban J connectivity index is 1.70. The molecular formula is C17H20N4O2. The van der Waals surface area contributed by atoms with E-state index < -0.39 is 0 Å². The number of fused-ring (bicyclic) bond motifs is 1. The number of aryl methyl sites for hydroxylation is 1. The Morgan fingerprint density at radius 2 is 2.17 bits per heavy atom. The van der Waals surface area contributed by atoms with Crippen LogP contribution in [-0.2, 0) is 16.0 Å². The first-order chi connectivity index (χ1) is 11.0. The second kappa shape index (κ2) is 6.24. The van der Waals surface area contributed by atoms with Crippen LogP contribution in [0, 0.1) is 0 Å². The largest absolute Gasteiger partial charge is 0.348 e. The van der Waals surface area contributed by atoms with Gasteiger partial charge in [-0.1, -0.05) is 12.1 Å². The van der Waals surface area contributed by atoms with Gasteiger partial charge in [0, 0.05) is 24.5 Å². The molecule has 2 heterocycles. The summed E-state index contributed by atoms with van der Waals surface area (Å²) in [5.74, 6) is -0.0214. The molecule has 2 aromatic rings. The van der Waals surface area contributed by atoms with Crippen molar-refractivity contribution in [2.75, 3.05) is 5.32 Å². The van der Waals surface area contributed by atoms with Gasteiger partial charge in [-0.2, -0.15) is 5.10 Å². The quantitative estimate of drug-likeness (QED) is 0.909. The summed E-state index contributed by atoms with van der Waals surface area (Å²) in [6.45, 7) is 3.77. The highest BCUT2D eigenvalue weighted by Gasteiger charge is 2.20. The van der Waals surface area contributed by atoms with Gasteiger partial charge in [0.15, 0.2) is 0 Å². The summed E-state index contributed by atoms with van der Waals surface area (Å²) in [4.78, 5) is 23.7. The van der Waals surface area contributed by atoms with E-state index in [-0.39, 0.29) is 23.9 Å². The summed E-state index contributed by atoms with van der Waals surface area (Å²) in [6, 6.07) is 7.23. The van der Waals surface area contributed by atoms with Crippen molar-refractivity contribution in [1.29, 1.82) is 0 Å².